The van der Waals surface area contributed by atoms with Crippen LogP contribution in [0.1, 0.15) is 62.7 Å². The fourth-order valence-corrected chi connectivity index (χ4v) is 4.31. The summed E-state index contributed by atoms with van der Waals surface area (Å²) in [5, 5.41) is 0. The van der Waals surface area contributed by atoms with Gasteiger partial charge in [0, 0.05) is 51.4 Å². The number of pyridine rings is 1. The molecule has 2 aliphatic rings. The third kappa shape index (κ3) is 4.83. The van der Waals surface area contributed by atoms with E-state index in [2.05, 4.69) is 28.6 Å². The Hall–Kier alpha value is -2.11. The molecule has 2 fully saturated rings. The first-order chi connectivity index (χ1) is 13.6. The number of amides is 2. The number of hydrogen-bond acceptors (Lipinski definition) is 4. The highest BCUT2D eigenvalue weighted by molar-refractivity contribution is 5.94. The van der Waals surface area contributed by atoms with E-state index in [4.69, 9.17) is 0 Å². The molecular formula is C22H34N4O2. The molecule has 2 amide bonds. The van der Waals surface area contributed by atoms with Gasteiger partial charge in [-0.2, -0.15) is 0 Å². The Bertz CT molecular complexity index is 641. The largest absolute Gasteiger partial charge is 0.357 e. The molecule has 28 heavy (non-hydrogen) atoms. The van der Waals surface area contributed by atoms with Crippen molar-refractivity contribution >= 4 is 17.6 Å². The zero-order valence-corrected chi connectivity index (χ0v) is 17.4. The lowest BCUT2D eigenvalue weighted by molar-refractivity contribution is -0.136. The van der Waals surface area contributed by atoms with Crippen LogP contribution >= 0.6 is 0 Å². The number of hydrogen-bond donors (Lipinski definition) is 0. The molecule has 0 radical (unpaired) electrons. The molecule has 154 valence electrons. The fraction of sp³-hybridized carbons (Fsp3) is 0.682. The molecule has 0 atom stereocenters. The first kappa shape index (κ1) is 20.6. The lowest BCUT2D eigenvalue weighted by atomic mass is 9.94. The van der Waals surface area contributed by atoms with Crippen LogP contribution in [0.5, 0.6) is 0 Å². The predicted molar refractivity (Wildman–Crippen MR) is 111 cm³/mol. The molecule has 0 aromatic carbocycles. The second-order valence-corrected chi connectivity index (χ2v) is 7.88. The first-order valence-corrected chi connectivity index (χ1v) is 10.9. The fourth-order valence-electron chi connectivity index (χ4n) is 4.31. The van der Waals surface area contributed by atoms with Gasteiger partial charge in [0.1, 0.15) is 5.82 Å². The van der Waals surface area contributed by atoms with Crippen molar-refractivity contribution in [2.24, 2.45) is 5.92 Å². The van der Waals surface area contributed by atoms with Crippen molar-refractivity contribution < 1.29 is 9.59 Å². The molecule has 3 heterocycles. The number of rotatable bonds is 5. The van der Waals surface area contributed by atoms with Crippen LogP contribution in [-0.4, -0.2) is 65.9 Å². The number of likely N-dealkylation sites (tertiary alicyclic amines) is 2. The van der Waals surface area contributed by atoms with E-state index in [1.54, 1.807) is 6.20 Å². The number of carbonyl (C=O) groups excluding carboxylic acids is 2. The van der Waals surface area contributed by atoms with Crippen molar-refractivity contribution in [1.82, 2.24) is 14.8 Å². The second kappa shape index (κ2) is 9.89. The van der Waals surface area contributed by atoms with E-state index in [1.165, 1.54) is 12.8 Å². The van der Waals surface area contributed by atoms with Crippen LogP contribution in [0, 0.1) is 5.92 Å². The zero-order valence-electron chi connectivity index (χ0n) is 17.4. The molecule has 1 aromatic heterocycles. The van der Waals surface area contributed by atoms with Crippen LogP contribution < -0.4 is 4.90 Å². The van der Waals surface area contributed by atoms with Gasteiger partial charge >= 0.3 is 0 Å². The SMILES string of the molecule is CCN(CC)c1ccc(C(=O)N2CCC(C(=O)N3CCCCCC3)CC2)cn1. The quantitative estimate of drug-likeness (QED) is 0.780. The number of carbonyl (C=O) groups is 2. The predicted octanol–water partition coefficient (Wildman–Crippen LogP) is 3.18. The topological polar surface area (TPSA) is 56.8 Å². The van der Waals surface area contributed by atoms with Crippen LogP contribution in [0.25, 0.3) is 0 Å². The van der Waals surface area contributed by atoms with E-state index in [9.17, 15) is 9.59 Å². The highest BCUT2D eigenvalue weighted by Gasteiger charge is 2.30. The van der Waals surface area contributed by atoms with Crippen LogP contribution in [0.15, 0.2) is 18.3 Å². The van der Waals surface area contributed by atoms with E-state index in [-0.39, 0.29) is 11.8 Å². The molecular weight excluding hydrogens is 352 g/mol. The number of anilines is 1. The Morgan fingerprint density at radius 3 is 2.14 bits per heavy atom. The van der Waals surface area contributed by atoms with Crippen LogP contribution in [0.4, 0.5) is 5.82 Å². The summed E-state index contributed by atoms with van der Waals surface area (Å²) in [6.07, 6.45) is 7.94. The molecule has 0 saturated carbocycles. The lowest BCUT2D eigenvalue weighted by Crippen LogP contribution is -2.44. The number of aromatic nitrogens is 1. The van der Waals surface area contributed by atoms with Crippen molar-refractivity contribution in [1.29, 1.82) is 0 Å². The van der Waals surface area contributed by atoms with Gasteiger partial charge in [0.25, 0.3) is 5.91 Å². The zero-order chi connectivity index (χ0) is 19.9. The summed E-state index contributed by atoms with van der Waals surface area (Å²) in [5.74, 6) is 1.31. The number of nitrogens with zero attached hydrogens (tertiary/aromatic N) is 4. The highest BCUT2D eigenvalue weighted by atomic mass is 16.2. The lowest BCUT2D eigenvalue weighted by Gasteiger charge is -2.34. The minimum atomic E-state index is 0.0271. The van der Waals surface area contributed by atoms with Gasteiger partial charge in [-0.1, -0.05) is 12.8 Å². The van der Waals surface area contributed by atoms with Crippen LogP contribution in [0.2, 0.25) is 0 Å². The molecule has 3 rings (SSSR count). The summed E-state index contributed by atoms with van der Waals surface area (Å²) in [6, 6.07) is 3.80. The Labute approximate surface area is 168 Å². The van der Waals surface area contributed by atoms with E-state index in [1.807, 2.05) is 17.0 Å². The maximum absolute atomic E-state index is 12.8. The highest BCUT2D eigenvalue weighted by Crippen LogP contribution is 2.23. The summed E-state index contributed by atoms with van der Waals surface area (Å²) in [4.78, 5) is 36.2. The molecule has 1 aromatic rings. The third-order valence-electron chi connectivity index (χ3n) is 6.13. The Kier molecular flexibility index (Phi) is 7.29. The maximum atomic E-state index is 12.8. The van der Waals surface area contributed by atoms with Crippen molar-refractivity contribution in [3.05, 3.63) is 23.9 Å². The van der Waals surface area contributed by atoms with Gasteiger partial charge in [-0.3, -0.25) is 9.59 Å². The summed E-state index contributed by atoms with van der Waals surface area (Å²) < 4.78 is 0. The summed E-state index contributed by atoms with van der Waals surface area (Å²) in [5.41, 5.74) is 0.633. The van der Waals surface area contributed by atoms with E-state index in [0.29, 0.717) is 24.6 Å². The second-order valence-electron chi connectivity index (χ2n) is 7.88. The van der Waals surface area contributed by atoms with E-state index >= 15 is 0 Å². The van der Waals surface area contributed by atoms with Gasteiger partial charge in [-0.25, -0.2) is 4.98 Å². The van der Waals surface area contributed by atoms with E-state index < -0.39 is 0 Å². The molecule has 6 heteroatoms. The van der Waals surface area contributed by atoms with E-state index in [0.717, 1.165) is 57.7 Å². The summed E-state index contributed by atoms with van der Waals surface area (Å²) in [7, 11) is 0. The Morgan fingerprint density at radius 2 is 1.61 bits per heavy atom. The molecule has 0 spiro atoms. The molecule has 0 bridgehead atoms. The summed E-state index contributed by atoms with van der Waals surface area (Å²) in [6.45, 7) is 9.11. The molecule has 0 N–H and O–H groups in total. The minimum Gasteiger partial charge on any atom is -0.357 e. The minimum absolute atomic E-state index is 0.0271. The molecule has 2 aliphatic heterocycles. The standard InChI is InChI=1S/C22H34N4O2/c1-3-24(4-2)20-10-9-19(17-23-20)22(28)26-15-11-18(12-16-26)21(27)25-13-7-5-6-8-14-25/h9-10,17-18H,3-8,11-16H2,1-2H3. The smallest absolute Gasteiger partial charge is 0.255 e. The maximum Gasteiger partial charge on any atom is 0.255 e. The van der Waals surface area contributed by atoms with Crippen molar-refractivity contribution in [3.8, 4) is 0 Å². The number of piperidine rings is 1. The Morgan fingerprint density at radius 1 is 0.964 bits per heavy atom. The molecule has 2 saturated heterocycles. The summed E-state index contributed by atoms with van der Waals surface area (Å²) >= 11 is 0. The normalized spacial score (nSPS) is 18.6. The van der Waals surface area contributed by atoms with Gasteiger partial charge < -0.3 is 14.7 Å². The van der Waals surface area contributed by atoms with Gasteiger partial charge in [-0.05, 0) is 51.7 Å². The first-order valence-electron chi connectivity index (χ1n) is 10.9. The van der Waals surface area contributed by atoms with Crippen molar-refractivity contribution in [2.75, 3.05) is 44.2 Å². The molecule has 0 unspecified atom stereocenters. The molecule has 0 aliphatic carbocycles. The van der Waals surface area contributed by atoms with Gasteiger partial charge in [0.15, 0.2) is 0 Å². The average Bonchev–Trinajstić information content (AvgIpc) is 3.04. The van der Waals surface area contributed by atoms with Crippen LogP contribution in [0.3, 0.4) is 0 Å². The van der Waals surface area contributed by atoms with Crippen LogP contribution in [-0.2, 0) is 4.79 Å². The van der Waals surface area contributed by atoms with Gasteiger partial charge in [-0.15, -0.1) is 0 Å². The van der Waals surface area contributed by atoms with Crippen molar-refractivity contribution in [3.63, 3.8) is 0 Å². The molecule has 6 nitrogen and oxygen atoms in total. The van der Waals surface area contributed by atoms with Gasteiger partial charge in [0.05, 0.1) is 5.56 Å². The monoisotopic (exact) mass is 386 g/mol. The Balaban J connectivity index is 1.54. The van der Waals surface area contributed by atoms with Gasteiger partial charge in [0.2, 0.25) is 5.91 Å². The van der Waals surface area contributed by atoms with Crippen molar-refractivity contribution in [2.45, 2.75) is 52.4 Å². The average molecular weight is 387 g/mol. The third-order valence-corrected chi connectivity index (χ3v) is 6.13.